The van der Waals surface area contributed by atoms with E-state index in [0.29, 0.717) is 5.95 Å². The summed E-state index contributed by atoms with van der Waals surface area (Å²) < 4.78 is 0. The molecule has 0 spiro atoms. The van der Waals surface area contributed by atoms with E-state index in [9.17, 15) is 0 Å². The van der Waals surface area contributed by atoms with Gasteiger partial charge in [-0.1, -0.05) is 35.5 Å². The van der Waals surface area contributed by atoms with Crippen LogP contribution in [0, 0.1) is 6.92 Å². The van der Waals surface area contributed by atoms with Crippen LogP contribution >= 0.6 is 11.8 Å². The van der Waals surface area contributed by atoms with E-state index in [1.807, 2.05) is 19.1 Å². The summed E-state index contributed by atoms with van der Waals surface area (Å²) in [5.74, 6) is 1.59. The number of H-pyrrole nitrogens is 1. The zero-order valence-electron chi connectivity index (χ0n) is 11.4. The van der Waals surface area contributed by atoms with E-state index >= 15 is 0 Å². The van der Waals surface area contributed by atoms with Gasteiger partial charge in [-0.05, 0) is 38.5 Å². The molecule has 100 valence electrons. The minimum Gasteiger partial charge on any atom is -0.325 e. The van der Waals surface area contributed by atoms with Crippen LogP contribution in [0.1, 0.15) is 19.4 Å². The molecule has 1 heterocycles. The first kappa shape index (κ1) is 13.7. The standard InChI is InChI=1S/C14H18N4S/c1-4-10(2)9-19-14-16-13(17-18-14)15-12-7-5-6-11(3)8-12/h4-8H,9H2,1-3H3,(H2,15,16,17,18)/b10-4+. The molecule has 4 nitrogen and oxygen atoms in total. The number of aryl methyl sites for hydroxylation is 1. The second-order valence-corrected chi connectivity index (χ2v) is 5.33. The third-order valence-electron chi connectivity index (χ3n) is 2.67. The van der Waals surface area contributed by atoms with Gasteiger partial charge in [-0.2, -0.15) is 4.98 Å². The number of nitrogens with zero attached hydrogens (tertiary/aromatic N) is 2. The van der Waals surface area contributed by atoms with E-state index in [0.717, 1.165) is 16.6 Å². The van der Waals surface area contributed by atoms with Gasteiger partial charge in [0.2, 0.25) is 11.1 Å². The molecule has 2 aromatic rings. The second kappa shape index (κ2) is 6.43. The predicted molar refractivity (Wildman–Crippen MR) is 81.0 cm³/mol. The Hall–Kier alpha value is -1.75. The van der Waals surface area contributed by atoms with Crippen molar-refractivity contribution >= 4 is 23.4 Å². The maximum Gasteiger partial charge on any atom is 0.223 e. The lowest BCUT2D eigenvalue weighted by Gasteiger charge is -2.02. The summed E-state index contributed by atoms with van der Waals surface area (Å²) in [6.45, 7) is 6.21. The van der Waals surface area contributed by atoms with Crippen molar-refractivity contribution in [2.24, 2.45) is 0 Å². The van der Waals surface area contributed by atoms with Crippen LogP contribution in [-0.2, 0) is 0 Å². The summed E-state index contributed by atoms with van der Waals surface area (Å²) in [5.41, 5.74) is 3.54. The van der Waals surface area contributed by atoms with Crippen LogP contribution in [0.15, 0.2) is 41.1 Å². The summed E-state index contributed by atoms with van der Waals surface area (Å²) in [6.07, 6.45) is 2.10. The number of thioether (sulfide) groups is 1. The largest absolute Gasteiger partial charge is 0.325 e. The van der Waals surface area contributed by atoms with Crippen molar-refractivity contribution in [3.05, 3.63) is 41.5 Å². The second-order valence-electron chi connectivity index (χ2n) is 4.38. The molecule has 0 radical (unpaired) electrons. The van der Waals surface area contributed by atoms with Crippen molar-refractivity contribution in [1.82, 2.24) is 15.2 Å². The maximum absolute atomic E-state index is 4.40. The Morgan fingerprint density at radius 1 is 1.47 bits per heavy atom. The molecule has 0 bridgehead atoms. The van der Waals surface area contributed by atoms with E-state index in [4.69, 9.17) is 0 Å². The van der Waals surface area contributed by atoms with Gasteiger partial charge in [0.1, 0.15) is 0 Å². The molecule has 0 aliphatic carbocycles. The molecule has 1 aromatic carbocycles. The molecule has 0 aliphatic rings. The number of hydrogen-bond acceptors (Lipinski definition) is 4. The number of aromatic nitrogens is 3. The van der Waals surface area contributed by atoms with Gasteiger partial charge < -0.3 is 5.32 Å². The molecule has 2 N–H and O–H groups in total. The van der Waals surface area contributed by atoms with Crippen LogP contribution < -0.4 is 5.32 Å². The molecule has 19 heavy (non-hydrogen) atoms. The fourth-order valence-electron chi connectivity index (χ4n) is 1.49. The van der Waals surface area contributed by atoms with Crippen molar-refractivity contribution < 1.29 is 0 Å². The highest BCUT2D eigenvalue weighted by Crippen LogP contribution is 2.19. The summed E-state index contributed by atoms with van der Waals surface area (Å²) in [6, 6.07) is 8.15. The topological polar surface area (TPSA) is 53.6 Å². The van der Waals surface area contributed by atoms with Crippen molar-refractivity contribution in [3.8, 4) is 0 Å². The molecule has 0 atom stereocenters. The average Bonchev–Trinajstić information content (AvgIpc) is 2.83. The zero-order valence-corrected chi connectivity index (χ0v) is 12.2. The van der Waals surface area contributed by atoms with E-state index in [1.54, 1.807) is 11.8 Å². The monoisotopic (exact) mass is 274 g/mol. The molecule has 0 saturated carbocycles. The molecule has 0 amide bonds. The molecule has 2 rings (SSSR count). The van der Waals surface area contributed by atoms with Crippen molar-refractivity contribution in [2.45, 2.75) is 25.9 Å². The molecular weight excluding hydrogens is 256 g/mol. The summed E-state index contributed by atoms with van der Waals surface area (Å²) in [7, 11) is 0. The number of benzene rings is 1. The average molecular weight is 274 g/mol. The molecule has 0 unspecified atom stereocenters. The Morgan fingerprint density at radius 2 is 2.32 bits per heavy atom. The van der Waals surface area contributed by atoms with Crippen molar-refractivity contribution in [1.29, 1.82) is 0 Å². The molecule has 1 aromatic heterocycles. The fourth-order valence-corrected chi connectivity index (χ4v) is 2.28. The van der Waals surface area contributed by atoms with Gasteiger partial charge in [-0.25, -0.2) is 5.10 Å². The molecule has 0 fully saturated rings. The molecular formula is C14H18N4S. The van der Waals surface area contributed by atoms with Gasteiger partial charge >= 0.3 is 0 Å². The highest BCUT2D eigenvalue weighted by molar-refractivity contribution is 7.99. The number of aromatic amines is 1. The van der Waals surface area contributed by atoms with Crippen LogP contribution in [-0.4, -0.2) is 20.9 Å². The summed E-state index contributed by atoms with van der Waals surface area (Å²) >= 11 is 1.63. The van der Waals surface area contributed by atoms with Gasteiger partial charge in [-0.3, -0.25) is 0 Å². The van der Waals surface area contributed by atoms with Gasteiger partial charge in [-0.15, -0.1) is 5.10 Å². The first-order valence-corrected chi connectivity index (χ1v) is 7.16. The van der Waals surface area contributed by atoms with E-state index in [-0.39, 0.29) is 0 Å². The number of allylic oxidation sites excluding steroid dienone is 1. The lowest BCUT2D eigenvalue weighted by molar-refractivity contribution is 0.974. The Kier molecular flexibility index (Phi) is 4.63. The maximum atomic E-state index is 4.40. The van der Waals surface area contributed by atoms with Gasteiger partial charge in [0.25, 0.3) is 0 Å². The van der Waals surface area contributed by atoms with Crippen LogP contribution in [0.4, 0.5) is 11.6 Å². The highest BCUT2D eigenvalue weighted by atomic mass is 32.2. The van der Waals surface area contributed by atoms with Crippen LogP contribution in [0.25, 0.3) is 0 Å². The molecule has 0 aliphatic heterocycles. The number of hydrogen-bond donors (Lipinski definition) is 2. The Morgan fingerprint density at radius 3 is 3.05 bits per heavy atom. The van der Waals surface area contributed by atoms with E-state index in [2.05, 4.69) is 52.6 Å². The van der Waals surface area contributed by atoms with Crippen LogP contribution in [0.5, 0.6) is 0 Å². The zero-order chi connectivity index (χ0) is 13.7. The number of rotatable bonds is 5. The first-order chi connectivity index (χ1) is 9.17. The number of nitrogens with one attached hydrogen (secondary N) is 2. The molecule has 0 saturated heterocycles. The van der Waals surface area contributed by atoms with E-state index < -0.39 is 0 Å². The SMILES string of the molecule is C/C=C(\C)CSc1n[nH]c(Nc2cccc(C)c2)n1. The third kappa shape index (κ3) is 4.13. The Labute approximate surface area is 117 Å². The lowest BCUT2D eigenvalue weighted by Crippen LogP contribution is -1.92. The molecule has 5 heteroatoms. The van der Waals surface area contributed by atoms with Gasteiger partial charge in [0.05, 0.1) is 0 Å². The first-order valence-electron chi connectivity index (χ1n) is 6.18. The van der Waals surface area contributed by atoms with Crippen molar-refractivity contribution in [2.75, 3.05) is 11.1 Å². The smallest absolute Gasteiger partial charge is 0.223 e. The lowest BCUT2D eigenvalue weighted by atomic mass is 10.2. The summed E-state index contributed by atoms with van der Waals surface area (Å²) in [5, 5.41) is 11.1. The van der Waals surface area contributed by atoms with Crippen LogP contribution in [0.2, 0.25) is 0 Å². The quantitative estimate of drug-likeness (QED) is 0.641. The highest BCUT2D eigenvalue weighted by Gasteiger charge is 2.04. The predicted octanol–water partition coefficient (Wildman–Crippen LogP) is 3.92. The minimum absolute atomic E-state index is 0.672. The minimum atomic E-state index is 0.672. The van der Waals surface area contributed by atoms with E-state index in [1.165, 1.54) is 11.1 Å². The number of anilines is 2. The third-order valence-corrected chi connectivity index (χ3v) is 3.71. The summed E-state index contributed by atoms with van der Waals surface area (Å²) in [4.78, 5) is 4.40. The van der Waals surface area contributed by atoms with Gasteiger partial charge in [0.15, 0.2) is 0 Å². The van der Waals surface area contributed by atoms with Gasteiger partial charge in [0, 0.05) is 11.4 Å². The van der Waals surface area contributed by atoms with Crippen molar-refractivity contribution in [3.63, 3.8) is 0 Å². The fraction of sp³-hybridized carbons (Fsp3) is 0.286. The van der Waals surface area contributed by atoms with Crippen LogP contribution in [0.3, 0.4) is 0 Å². The normalized spacial score (nSPS) is 11.6. The Balaban J connectivity index is 1.97. The Bertz CT molecular complexity index is 574.